The highest BCUT2D eigenvalue weighted by Gasteiger charge is 2.35. The molecule has 168 valence electrons. The Bertz CT molecular complexity index is 1150. The van der Waals surface area contributed by atoms with Crippen LogP contribution in [0.5, 0.6) is 0 Å². The average Bonchev–Trinajstić information content (AvgIpc) is 3.36. The molecule has 0 saturated carbocycles. The number of piperidine rings is 1. The number of hydrogen-bond donors (Lipinski definition) is 0. The quantitative estimate of drug-likeness (QED) is 0.546. The molecule has 33 heavy (non-hydrogen) atoms. The predicted octanol–water partition coefficient (Wildman–Crippen LogP) is 4.26. The van der Waals surface area contributed by atoms with E-state index in [0.717, 1.165) is 11.1 Å². The van der Waals surface area contributed by atoms with Crippen molar-refractivity contribution < 1.29 is 19.1 Å². The maximum atomic E-state index is 13.0. The molecule has 2 heterocycles. The predicted molar refractivity (Wildman–Crippen MR) is 119 cm³/mol. The first-order valence-electron chi connectivity index (χ1n) is 10.7. The van der Waals surface area contributed by atoms with Gasteiger partial charge in [0.15, 0.2) is 0 Å². The number of nitriles is 1. The molecule has 0 unspecified atom stereocenters. The van der Waals surface area contributed by atoms with Crippen LogP contribution in [0.25, 0.3) is 0 Å². The number of benzene rings is 2. The number of likely N-dealkylation sites (tertiary alicyclic amines) is 1. The molecule has 1 amide bonds. The van der Waals surface area contributed by atoms with Crippen LogP contribution in [0.1, 0.15) is 52.0 Å². The molecule has 0 N–H and O–H groups in total. The monoisotopic (exact) mass is 444 g/mol. The molecule has 2 aromatic carbocycles. The van der Waals surface area contributed by atoms with Gasteiger partial charge in [-0.05, 0) is 36.1 Å². The summed E-state index contributed by atoms with van der Waals surface area (Å²) in [5.74, 6) is -0.414. The van der Waals surface area contributed by atoms with Crippen molar-refractivity contribution in [2.45, 2.75) is 31.5 Å². The molecule has 1 fully saturated rings. The molecule has 4 rings (SSSR count). The van der Waals surface area contributed by atoms with Gasteiger partial charge in [0.05, 0.1) is 36.5 Å². The van der Waals surface area contributed by atoms with Gasteiger partial charge in [0.2, 0.25) is 0 Å². The van der Waals surface area contributed by atoms with Crippen LogP contribution < -0.4 is 0 Å². The maximum Gasteiger partial charge on any atom is 0.410 e. The first-order valence-corrected chi connectivity index (χ1v) is 10.7. The Hall–Kier alpha value is -4.12. The summed E-state index contributed by atoms with van der Waals surface area (Å²) in [4.78, 5) is 26.6. The normalized spacial score (nSPS) is 17.8. The van der Waals surface area contributed by atoms with Gasteiger partial charge < -0.3 is 14.4 Å². The summed E-state index contributed by atoms with van der Waals surface area (Å²) >= 11 is 0. The van der Waals surface area contributed by atoms with Gasteiger partial charge in [0, 0.05) is 12.7 Å². The minimum absolute atomic E-state index is 0.0237. The van der Waals surface area contributed by atoms with E-state index >= 15 is 0 Å². The number of ether oxygens (including phenoxy) is 2. The number of nitrogens with zero attached hydrogens (tertiary/aromatic N) is 4. The highest BCUT2D eigenvalue weighted by atomic mass is 16.6. The Morgan fingerprint density at radius 1 is 1.15 bits per heavy atom. The lowest BCUT2D eigenvalue weighted by Gasteiger charge is -2.39. The van der Waals surface area contributed by atoms with E-state index in [1.807, 2.05) is 42.5 Å². The largest absolute Gasteiger partial charge is 0.465 e. The Morgan fingerprint density at radius 2 is 1.91 bits per heavy atom. The van der Waals surface area contributed by atoms with Gasteiger partial charge in [-0.25, -0.2) is 9.59 Å². The van der Waals surface area contributed by atoms with Gasteiger partial charge in [0.25, 0.3) is 0 Å². The second-order valence-electron chi connectivity index (χ2n) is 7.86. The molecule has 0 bridgehead atoms. The minimum Gasteiger partial charge on any atom is -0.465 e. The third-order valence-corrected chi connectivity index (χ3v) is 5.84. The summed E-state index contributed by atoms with van der Waals surface area (Å²) < 4.78 is 12.2. The summed E-state index contributed by atoms with van der Waals surface area (Å²) in [6, 6.07) is 18.4. The van der Waals surface area contributed by atoms with E-state index in [9.17, 15) is 9.59 Å². The van der Waals surface area contributed by atoms with Gasteiger partial charge in [-0.3, -0.25) is 4.68 Å². The lowest BCUT2D eigenvalue weighted by molar-refractivity contribution is 0.0560. The zero-order valence-corrected chi connectivity index (χ0v) is 18.3. The van der Waals surface area contributed by atoms with Gasteiger partial charge in [-0.1, -0.05) is 42.5 Å². The molecule has 1 aliphatic rings. The van der Waals surface area contributed by atoms with Gasteiger partial charge in [-0.15, -0.1) is 0 Å². The molecule has 1 aliphatic heterocycles. The van der Waals surface area contributed by atoms with Crippen molar-refractivity contribution in [3.05, 3.63) is 89.2 Å². The van der Waals surface area contributed by atoms with E-state index in [2.05, 4.69) is 11.2 Å². The number of carbonyl (C=O) groups excluding carboxylic acids is 2. The van der Waals surface area contributed by atoms with Crippen molar-refractivity contribution in [2.75, 3.05) is 13.7 Å². The molecule has 8 nitrogen and oxygen atoms in total. The average molecular weight is 444 g/mol. The molecule has 3 aromatic rings. The fourth-order valence-electron chi connectivity index (χ4n) is 4.08. The number of rotatable bonds is 5. The molecule has 0 aliphatic carbocycles. The first kappa shape index (κ1) is 22.1. The minimum atomic E-state index is -0.414. The van der Waals surface area contributed by atoms with E-state index < -0.39 is 12.1 Å². The van der Waals surface area contributed by atoms with Crippen molar-refractivity contribution in [3.63, 3.8) is 0 Å². The van der Waals surface area contributed by atoms with Crippen LogP contribution in [-0.2, 0) is 16.1 Å². The fourth-order valence-corrected chi connectivity index (χ4v) is 4.08. The van der Waals surface area contributed by atoms with E-state index in [-0.39, 0.29) is 18.7 Å². The highest BCUT2D eigenvalue weighted by molar-refractivity contribution is 5.89. The molecule has 2 atom stereocenters. The molecule has 0 radical (unpaired) electrons. The van der Waals surface area contributed by atoms with Crippen LogP contribution in [0.3, 0.4) is 0 Å². The Morgan fingerprint density at radius 3 is 2.58 bits per heavy atom. The van der Waals surface area contributed by atoms with Crippen molar-refractivity contribution in [2.24, 2.45) is 0 Å². The third-order valence-electron chi connectivity index (χ3n) is 5.84. The first-order chi connectivity index (χ1) is 16.1. The third kappa shape index (κ3) is 5.04. The van der Waals surface area contributed by atoms with Crippen LogP contribution in [0.2, 0.25) is 0 Å². The van der Waals surface area contributed by atoms with Crippen LogP contribution in [-0.4, -0.2) is 40.4 Å². The zero-order chi connectivity index (χ0) is 23.2. The Labute approximate surface area is 191 Å². The molecular formula is C25H24N4O4. The van der Waals surface area contributed by atoms with Crippen molar-refractivity contribution in [3.8, 4) is 6.07 Å². The molecule has 1 aromatic heterocycles. The molecular weight excluding hydrogens is 420 g/mol. The van der Waals surface area contributed by atoms with Crippen LogP contribution in [0, 0.1) is 11.3 Å². The molecule has 0 spiro atoms. The number of hydrogen-bond acceptors (Lipinski definition) is 6. The van der Waals surface area contributed by atoms with Crippen molar-refractivity contribution in [1.82, 2.24) is 14.7 Å². The topological polar surface area (TPSA) is 97.5 Å². The number of carbonyl (C=O) groups is 2. The lowest BCUT2D eigenvalue weighted by Crippen LogP contribution is -2.42. The summed E-state index contributed by atoms with van der Waals surface area (Å²) in [7, 11) is 1.34. The van der Waals surface area contributed by atoms with E-state index in [1.54, 1.807) is 34.1 Å². The van der Waals surface area contributed by atoms with E-state index in [1.165, 1.54) is 7.11 Å². The SMILES string of the molecule is COC(=O)c1ccc([C@H]2C[C@H](n3cc(C#N)cn3)CCN2C(=O)OCc2ccccc2)cc1. The smallest absolute Gasteiger partial charge is 0.410 e. The standard InChI is InChI=1S/C25H24N4O4/c1-32-24(30)21-9-7-20(8-10-21)23-13-22(29-16-19(14-26)15-27-29)11-12-28(23)25(31)33-17-18-5-3-2-4-6-18/h2-10,15-16,22-23H,11-13,17H2,1H3/t22-,23-/m1/s1. The van der Waals surface area contributed by atoms with E-state index in [0.29, 0.717) is 30.5 Å². The lowest BCUT2D eigenvalue weighted by atomic mass is 9.91. The van der Waals surface area contributed by atoms with Gasteiger partial charge in [-0.2, -0.15) is 10.4 Å². The number of amides is 1. The summed E-state index contributed by atoms with van der Waals surface area (Å²) in [6.45, 7) is 0.668. The van der Waals surface area contributed by atoms with Crippen LogP contribution in [0.15, 0.2) is 67.0 Å². The Kier molecular flexibility index (Phi) is 6.69. The van der Waals surface area contributed by atoms with Crippen LogP contribution in [0.4, 0.5) is 4.79 Å². The van der Waals surface area contributed by atoms with Gasteiger partial charge >= 0.3 is 12.1 Å². The molecule has 1 saturated heterocycles. The van der Waals surface area contributed by atoms with E-state index in [4.69, 9.17) is 14.7 Å². The fraction of sp³-hybridized carbons (Fsp3) is 0.280. The second-order valence-corrected chi connectivity index (χ2v) is 7.86. The number of esters is 1. The maximum absolute atomic E-state index is 13.0. The van der Waals surface area contributed by atoms with Crippen molar-refractivity contribution in [1.29, 1.82) is 5.26 Å². The summed E-state index contributed by atoms with van der Waals surface area (Å²) in [5.41, 5.74) is 2.74. The Balaban J connectivity index is 1.55. The van der Waals surface area contributed by atoms with Gasteiger partial charge in [0.1, 0.15) is 12.7 Å². The number of methoxy groups -OCH3 is 1. The summed E-state index contributed by atoms with van der Waals surface area (Å²) in [5, 5.41) is 13.5. The second kappa shape index (κ2) is 10.0. The number of aromatic nitrogens is 2. The van der Waals surface area contributed by atoms with Crippen LogP contribution >= 0.6 is 0 Å². The van der Waals surface area contributed by atoms with Crippen molar-refractivity contribution >= 4 is 12.1 Å². The highest BCUT2D eigenvalue weighted by Crippen LogP contribution is 2.37. The zero-order valence-electron chi connectivity index (χ0n) is 18.3. The molecule has 8 heteroatoms. The summed E-state index contributed by atoms with van der Waals surface area (Å²) in [6.07, 6.45) is 4.16.